The van der Waals surface area contributed by atoms with Crippen LogP contribution in [0.25, 0.3) is 11.1 Å². The molecule has 0 saturated carbocycles. The summed E-state index contributed by atoms with van der Waals surface area (Å²) in [5.41, 5.74) is 4.38. The highest BCUT2D eigenvalue weighted by Gasteiger charge is 2.29. The van der Waals surface area contributed by atoms with E-state index < -0.39 is 18.0 Å². The van der Waals surface area contributed by atoms with E-state index >= 15 is 0 Å². The molecule has 1 aliphatic rings. The number of anilines is 1. The highest BCUT2D eigenvalue weighted by Crippen LogP contribution is 2.44. The fraction of sp³-hybridized carbons (Fsp3) is 0.217. The quantitative estimate of drug-likeness (QED) is 0.525. The summed E-state index contributed by atoms with van der Waals surface area (Å²) in [5, 5.41) is 17.9. The molecule has 1 aliphatic carbocycles. The smallest absolute Gasteiger partial charge is 0.407 e. The summed E-state index contributed by atoms with van der Waals surface area (Å²) >= 11 is 0. The number of carbonyl (C=O) groups excluding carboxylic acids is 2. The molecule has 32 heavy (non-hydrogen) atoms. The third kappa shape index (κ3) is 4.31. The number of carbonyl (C=O) groups is 3. The number of fused-ring (bicyclic) bond motifs is 3. The van der Waals surface area contributed by atoms with Crippen molar-refractivity contribution < 1.29 is 24.2 Å². The Labute approximate surface area is 184 Å². The van der Waals surface area contributed by atoms with Crippen molar-refractivity contribution in [3.63, 3.8) is 0 Å². The van der Waals surface area contributed by atoms with Crippen molar-refractivity contribution >= 4 is 23.7 Å². The molecule has 0 unspecified atom stereocenters. The maximum atomic E-state index is 12.2. The van der Waals surface area contributed by atoms with Crippen molar-refractivity contribution in [3.8, 4) is 11.1 Å². The van der Waals surface area contributed by atoms with Crippen molar-refractivity contribution in [2.75, 3.05) is 18.5 Å². The average molecular weight is 434 g/mol. The number of hydrogen-bond donors (Lipinski definition) is 3. The fourth-order valence-corrected chi connectivity index (χ4v) is 3.88. The zero-order valence-corrected chi connectivity index (χ0v) is 17.4. The normalized spacial score (nSPS) is 12.0. The summed E-state index contributed by atoms with van der Waals surface area (Å²) in [7, 11) is 1.56. The summed E-state index contributed by atoms with van der Waals surface area (Å²) in [6.45, 7) is 0.231. The van der Waals surface area contributed by atoms with Gasteiger partial charge in [0.05, 0.1) is 5.69 Å². The molecule has 0 spiro atoms. The molecule has 0 atom stereocenters. The van der Waals surface area contributed by atoms with E-state index in [4.69, 9.17) is 9.84 Å². The monoisotopic (exact) mass is 434 g/mol. The van der Waals surface area contributed by atoms with Crippen LogP contribution in [0.15, 0.2) is 54.7 Å². The number of amides is 2. The lowest BCUT2D eigenvalue weighted by molar-refractivity contribution is -0.116. The second kappa shape index (κ2) is 8.93. The Kier molecular flexibility index (Phi) is 5.89. The van der Waals surface area contributed by atoms with Gasteiger partial charge in [0.15, 0.2) is 5.69 Å². The first-order valence-corrected chi connectivity index (χ1v) is 10.1. The number of alkyl carbamates (subject to hydrolysis) is 1. The molecule has 1 aromatic heterocycles. The van der Waals surface area contributed by atoms with Crippen LogP contribution in [0, 0.1) is 0 Å². The Hall–Kier alpha value is -4.14. The minimum absolute atomic E-state index is 0.0435. The summed E-state index contributed by atoms with van der Waals surface area (Å²) in [6.07, 6.45) is 0.741. The predicted molar refractivity (Wildman–Crippen MR) is 116 cm³/mol. The summed E-state index contributed by atoms with van der Waals surface area (Å²) in [6, 6.07) is 16.1. The molecule has 2 amide bonds. The molecule has 9 heteroatoms. The molecule has 0 radical (unpaired) electrons. The first-order chi connectivity index (χ1) is 15.4. The number of aromatic nitrogens is 2. The standard InChI is InChI=1S/C23H22N4O5/c1-27-12-19(21(26-27)22(29)30)25-20(28)10-11-24-23(31)32-13-18-16-8-4-2-6-14(16)15-7-3-5-9-17(15)18/h2-9,12,18H,10-11,13H2,1H3,(H,24,31)(H,25,28)(H,29,30). The van der Waals surface area contributed by atoms with Gasteiger partial charge >= 0.3 is 12.1 Å². The van der Waals surface area contributed by atoms with E-state index in [2.05, 4.69) is 27.9 Å². The highest BCUT2D eigenvalue weighted by atomic mass is 16.5. The number of benzene rings is 2. The lowest BCUT2D eigenvalue weighted by Crippen LogP contribution is -2.29. The number of carboxylic acid groups (broad SMARTS) is 1. The van der Waals surface area contributed by atoms with E-state index in [9.17, 15) is 14.4 Å². The van der Waals surface area contributed by atoms with E-state index in [0.29, 0.717) is 0 Å². The Balaban J connectivity index is 1.27. The molecule has 0 bridgehead atoms. The maximum absolute atomic E-state index is 12.2. The second-order valence-corrected chi connectivity index (χ2v) is 7.42. The molecule has 1 heterocycles. The van der Waals surface area contributed by atoms with Crippen molar-refractivity contribution in [1.82, 2.24) is 15.1 Å². The molecule has 4 rings (SSSR count). The Morgan fingerprint density at radius 1 is 1.06 bits per heavy atom. The number of ether oxygens (including phenoxy) is 1. The second-order valence-electron chi connectivity index (χ2n) is 7.42. The van der Waals surface area contributed by atoms with Gasteiger partial charge in [0, 0.05) is 32.1 Å². The maximum Gasteiger partial charge on any atom is 0.407 e. The molecule has 3 aromatic rings. The number of nitrogens with zero attached hydrogens (tertiary/aromatic N) is 2. The van der Waals surface area contributed by atoms with Gasteiger partial charge < -0.3 is 20.5 Å². The molecule has 164 valence electrons. The predicted octanol–water partition coefficient (Wildman–Crippen LogP) is 2.99. The number of nitrogens with one attached hydrogen (secondary N) is 2. The molecule has 0 fully saturated rings. The molecule has 0 saturated heterocycles. The van der Waals surface area contributed by atoms with E-state index in [1.54, 1.807) is 7.05 Å². The van der Waals surface area contributed by atoms with Crippen LogP contribution in [0.3, 0.4) is 0 Å². The van der Waals surface area contributed by atoms with Gasteiger partial charge in [0.1, 0.15) is 6.61 Å². The zero-order valence-electron chi connectivity index (χ0n) is 17.4. The highest BCUT2D eigenvalue weighted by molar-refractivity contribution is 5.99. The van der Waals surface area contributed by atoms with E-state index in [-0.39, 0.29) is 36.9 Å². The molecule has 3 N–H and O–H groups in total. The number of rotatable bonds is 7. The number of aromatic carboxylic acids is 1. The van der Waals surface area contributed by atoms with Crippen LogP contribution in [0.1, 0.15) is 34.0 Å². The summed E-state index contributed by atoms with van der Waals surface area (Å²) < 4.78 is 6.72. The van der Waals surface area contributed by atoms with Crippen LogP contribution in [0.4, 0.5) is 10.5 Å². The van der Waals surface area contributed by atoms with Crippen LogP contribution in [-0.2, 0) is 16.6 Å². The van der Waals surface area contributed by atoms with Crippen LogP contribution in [0.2, 0.25) is 0 Å². The first kappa shape index (κ1) is 21.1. The van der Waals surface area contributed by atoms with Crippen LogP contribution in [-0.4, -0.2) is 46.0 Å². The minimum atomic E-state index is -1.24. The van der Waals surface area contributed by atoms with E-state index in [1.165, 1.54) is 10.9 Å². The van der Waals surface area contributed by atoms with Crippen molar-refractivity contribution in [1.29, 1.82) is 0 Å². The molecule has 9 nitrogen and oxygen atoms in total. The summed E-state index contributed by atoms with van der Waals surface area (Å²) in [5.74, 6) is -1.73. The third-order valence-electron chi connectivity index (χ3n) is 5.27. The first-order valence-electron chi connectivity index (χ1n) is 10.1. The summed E-state index contributed by atoms with van der Waals surface area (Å²) in [4.78, 5) is 35.4. The molecular weight excluding hydrogens is 412 g/mol. The van der Waals surface area contributed by atoms with Gasteiger partial charge in [0.2, 0.25) is 5.91 Å². The lowest BCUT2D eigenvalue weighted by Gasteiger charge is -2.14. The minimum Gasteiger partial charge on any atom is -0.476 e. The Morgan fingerprint density at radius 2 is 1.69 bits per heavy atom. The molecule has 0 aliphatic heterocycles. The largest absolute Gasteiger partial charge is 0.476 e. The molecular formula is C23H22N4O5. The van der Waals surface area contributed by atoms with Crippen molar-refractivity contribution in [2.45, 2.75) is 12.3 Å². The van der Waals surface area contributed by atoms with Gasteiger partial charge in [0.25, 0.3) is 0 Å². The van der Waals surface area contributed by atoms with E-state index in [0.717, 1.165) is 22.3 Å². The number of aryl methyl sites for hydroxylation is 1. The van der Waals surface area contributed by atoms with Gasteiger partial charge in [-0.1, -0.05) is 48.5 Å². The van der Waals surface area contributed by atoms with Gasteiger partial charge in [-0.25, -0.2) is 9.59 Å². The lowest BCUT2D eigenvalue weighted by atomic mass is 9.98. The van der Waals surface area contributed by atoms with Crippen LogP contribution < -0.4 is 10.6 Å². The van der Waals surface area contributed by atoms with Gasteiger partial charge in [-0.05, 0) is 22.3 Å². The van der Waals surface area contributed by atoms with E-state index in [1.807, 2.05) is 36.4 Å². The fourth-order valence-electron chi connectivity index (χ4n) is 3.88. The Morgan fingerprint density at radius 3 is 2.31 bits per heavy atom. The van der Waals surface area contributed by atoms with Gasteiger partial charge in [-0.3, -0.25) is 9.48 Å². The third-order valence-corrected chi connectivity index (χ3v) is 5.27. The van der Waals surface area contributed by atoms with Crippen molar-refractivity contribution in [3.05, 3.63) is 71.5 Å². The van der Waals surface area contributed by atoms with Crippen LogP contribution in [0.5, 0.6) is 0 Å². The van der Waals surface area contributed by atoms with Gasteiger partial charge in [-0.15, -0.1) is 0 Å². The van der Waals surface area contributed by atoms with Crippen molar-refractivity contribution in [2.24, 2.45) is 7.05 Å². The molecule has 2 aromatic carbocycles. The topological polar surface area (TPSA) is 123 Å². The Bertz CT molecular complexity index is 1140. The van der Waals surface area contributed by atoms with Gasteiger partial charge in [-0.2, -0.15) is 5.10 Å². The average Bonchev–Trinajstić information content (AvgIpc) is 3.30. The SMILES string of the molecule is Cn1cc(NC(=O)CCNC(=O)OCC2c3ccccc3-c3ccccc32)c(C(=O)O)n1. The number of carboxylic acids is 1. The van der Waals surface area contributed by atoms with Crippen LogP contribution >= 0.6 is 0 Å². The number of hydrogen-bond acceptors (Lipinski definition) is 5. The zero-order chi connectivity index (χ0) is 22.7.